The zero-order chi connectivity index (χ0) is 25.5. The third kappa shape index (κ3) is 6.89. The summed E-state index contributed by atoms with van der Waals surface area (Å²) in [4.78, 5) is 28.2. The van der Waals surface area contributed by atoms with Crippen LogP contribution >= 0.6 is 34.5 Å². The number of nitrogens with one attached hydrogen (secondary N) is 1. The lowest BCUT2D eigenvalue weighted by Crippen LogP contribution is -2.12. The van der Waals surface area contributed by atoms with Crippen molar-refractivity contribution in [3.8, 4) is 11.3 Å². The summed E-state index contributed by atoms with van der Waals surface area (Å²) in [6.07, 6.45) is 2.59. The summed E-state index contributed by atoms with van der Waals surface area (Å²) >= 11 is 13.6. The number of thiazole rings is 1. The maximum Gasteiger partial charge on any atom is 0.331 e. The minimum Gasteiger partial charge on any atom is -0.478 e. The number of anilines is 1. The lowest BCUT2D eigenvalue weighted by atomic mass is 10.0. The number of ether oxygens (including phenoxy) is 1. The highest BCUT2D eigenvalue weighted by molar-refractivity contribution is 7.14. The Morgan fingerprint density at radius 3 is 2.63 bits per heavy atom. The van der Waals surface area contributed by atoms with Gasteiger partial charge in [-0.15, -0.1) is 11.3 Å². The topological polar surface area (TPSA) is 88.5 Å². The fourth-order valence-electron chi connectivity index (χ4n) is 3.24. The first-order valence-corrected chi connectivity index (χ1v) is 12.4. The van der Waals surface area contributed by atoms with Crippen LogP contribution in [0, 0.1) is 5.82 Å². The van der Waals surface area contributed by atoms with Crippen LogP contribution in [-0.2, 0) is 16.0 Å². The van der Waals surface area contributed by atoms with Crippen molar-refractivity contribution in [1.82, 2.24) is 4.98 Å². The summed E-state index contributed by atoms with van der Waals surface area (Å²) in [5.41, 5.74) is 1.87. The van der Waals surface area contributed by atoms with Crippen LogP contribution in [0.1, 0.15) is 41.8 Å². The number of carbonyl (C=O) groups excluding carboxylic acids is 1. The molecule has 0 bridgehead atoms. The van der Waals surface area contributed by atoms with Crippen molar-refractivity contribution in [3.63, 3.8) is 0 Å². The SMILES string of the molecule is CCOCCCc1cccc(-c2csc(NC(=O)c3cc(Cl)c(/C=C(\C)C(=O)O)c(Cl)c3)n2)c1F. The van der Waals surface area contributed by atoms with Gasteiger partial charge >= 0.3 is 5.97 Å². The molecule has 0 aliphatic heterocycles. The van der Waals surface area contributed by atoms with Gasteiger partial charge in [0.15, 0.2) is 5.13 Å². The molecule has 0 aliphatic rings. The Labute approximate surface area is 216 Å². The van der Waals surface area contributed by atoms with Crippen LogP contribution in [0.2, 0.25) is 10.0 Å². The van der Waals surface area contributed by atoms with E-state index in [1.165, 1.54) is 25.1 Å². The second-order valence-corrected chi connectivity index (χ2v) is 9.23. The second-order valence-electron chi connectivity index (χ2n) is 7.56. The Balaban J connectivity index is 1.76. The molecule has 0 saturated carbocycles. The van der Waals surface area contributed by atoms with Gasteiger partial charge in [-0.3, -0.25) is 10.1 Å². The van der Waals surface area contributed by atoms with Crippen molar-refractivity contribution in [3.05, 3.63) is 73.8 Å². The molecule has 2 aromatic carbocycles. The minimum absolute atomic E-state index is 0.0481. The highest BCUT2D eigenvalue weighted by atomic mass is 35.5. The second kappa shape index (κ2) is 12.3. The van der Waals surface area contributed by atoms with Gasteiger partial charge in [0.25, 0.3) is 5.91 Å². The number of carboxylic acid groups (broad SMARTS) is 1. The standard InChI is InChI=1S/C25H23Cl2FN2O4S/c1-3-34-9-5-7-15-6-4-8-17(22(15)28)21-13-35-25(29-21)30-23(31)16-11-19(26)18(20(27)12-16)10-14(2)24(32)33/h4,6,8,10-13H,3,5,7,9H2,1-2H3,(H,32,33)(H,29,30,31)/b14-10+. The van der Waals surface area contributed by atoms with E-state index in [1.807, 2.05) is 6.92 Å². The smallest absolute Gasteiger partial charge is 0.331 e. The van der Waals surface area contributed by atoms with E-state index in [9.17, 15) is 9.59 Å². The van der Waals surface area contributed by atoms with Crippen LogP contribution < -0.4 is 5.32 Å². The van der Waals surface area contributed by atoms with Crippen LogP contribution in [-0.4, -0.2) is 35.2 Å². The lowest BCUT2D eigenvalue weighted by Gasteiger charge is -2.08. The number of aryl methyl sites for hydroxylation is 1. The molecule has 1 aromatic heterocycles. The van der Waals surface area contributed by atoms with Gasteiger partial charge < -0.3 is 9.84 Å². The molecule has 1 heterocycles. The molecule has 1 amide bonds. The van der Waals surface area contributed by atoms with E-state index in [2.05, 4.69) is 10.3 Å². The Morgan fingerprint density at radius 1 is 1.26 bits per heavy atom. The molecule has 0 fully saturated rings. The molecule has 184 valence electrons. The highest BCUT2D eigenvalue weighted by Crippen LogP contribution is 2.31. The molecule has 0 spiro atoms. The van der Waals surface area contributed by atoms with E-state index in [1.54, 1.807) is 23.6 Å². The summed E-state index contributed by atoms with van der Waals surface area (Å²) in [6.45, 7) is 4.52. The van der Waals surface area contributed by atoms with Gasteiger partial charge in [-0.05, 0) is 56.5 Å². The Bertz CT molecular complexity index is 1250. The van der Waals surface area contributed by atoms with Gasteiger partial charge in [0.05, 0.1) is 15.7 Å². The van der Waals surface area contributed by atoms with Crippen molar-refractivity contribution in [1.29, 1.82) is 0 Å². The molecule has 0 unspecified atom stereocenters. The third-order valence-corrected chi connectivity index (χ3v) is 6.44. The largest absolute Gasteiger partial charge is 0.478 e. The van der Waals surface area contributed by atoms with E-state index >= 15 is 4.39 Å². The molecule has 0 aliphatic carbocycles. The first-order valence-electron chi connectivity index (χ1n) is 10.7. The fourth-order valence-corrected chi connectivity index (χ4v) is 4.54. The average Bonchev–Trinajstić information content (AvgIpc) is 3.27. The van der Waals surface area contributed by atoms with Crippen molar-refractivity contribution in [2.45, 2.75) is 26.7 Å². The third-order valence-electron chi connectivity index (χ3n) is 5.06. The molecular weight excluding hydrogens is 514 g/mol. The molecule has 3 rings (SSSR count). The van der Waals surface area contributed by atoms with Crippen LogP contribution in [0.25, 0.3) is 17.3 Å². The van der Waals surface area contributed by atoms with Crippen LogP contribution in [0.5, 0.6) is 0 Å². The number of hydrogen-bond donors (Lipinski definition) is 2. The molecule has 6 nitrogen and oxygen atoms in total. The predicted octanol–water partition coefficient (Wildman–Crippen LogP) is 6.97. The summed E-state index contributed by atoms with van der Waals surface area (Å²) in [7, 11) is 0. The zero-order valence-corrected chi connectivity index (χ0v) is 21.4. The number of rotatable bonds is 10. The van der Waals surface area contributed by atoms with Gasteiger partial charge in [0.2, 0.25) is 0 Å². The number of benzene rings is 2. The van der Waals surface area contributed by atoms with Crippen molar-refractivity contribution in [2.75, 3.05) is 18.5 Å². The summed E-state index contributed by atoms with van der Waals surface area (Å²) < 4.78 is 20.4. The zero-order valence-electron chi connectivity index (χ0n) is 19.0. The number of amides is 1. The molecule has 2 N–H and O–H groups in total. The van der Waals surface area contributed by atoms with Gasteiger partial charge in [0.1, 0.15) is 5.82 Å². The van der Waals surface area contributed by atoms with E-state index in [0.717, 1.165) is 11.3 Å². The Morgan fingerprint density at radius 2 is 1.97 bits per heavy atom. The first kappa shape index (κ1) is 26.8. The fraction of sp³-hybridized carbons (Fsp3) is 0.240. The van der Waals surface area contributed by atoms with Crippen LogP contribution in [0.4, 0.5) is 9.52 Å². The predicted molar refractivity (Wildman–Crippen MR) is 138 cm³/mol. The van der Waals surface area contributed by atoms with Gasteiger partial charge in [-0.1, -0.05) is 35.3 Å². The first-order chi connectivity index (χ1) is 16.7. The summed E-state index contributed by atoms with van der Waals surface area (Å²) in [6, 6.07) is 7.95. The number of halogens is 3. The average molecular weight is 537 g/mol. The van der Waals surface area contributed by atoms with E-state index in [-0.39, 0.29) is 32.1 Å². The van der Waals surface area contributed by atoms with E-state index in [0.29, 0.717) is 48.4 Å². The number of carboxylic acids is 1. The van der Waals surface area contributed by atoms with Crippen molar-refractivity contribution >= 4 is 57.6 Å². The van der Waals surface area contributed by atoms with Crippen molar-refractivity contribution < 1.29 is 23.8 Å². The number of aromatic nitrogens is 1. The molecule has 35 heavy (non-hydrogen) atoms. The molecule has 10 heteroatoms. The number of carbonyl (C=O) groups is 2. The van der Waals surface area contributed by atoms with Crippen molar-refractivity contribution in [2.24, 2.45) is 0 Å². The molecule has 0 saturated heterocycles. The highest BCUT2D eigenvalue weighted by Gasteiger charge is 2.17. The van der Waals surface area contributed by atoms with E-state index < -0.39 is 11.9 Å². The number of nitrogens with zero attached hydrogens (tertiary/aromatic N) is 1. The van der Waals surface area contributed by atoms with E-state index in [4.69, 9.17) is 33.0 Å². The normalized spacial score (nSPS) is 11.5. The van der Waals surface area contributed by atoms with Gasteiger partial charge in [-0.2, -0.15) is 0 Å². The molecule has 0 atom stereocenters. The minimum atomic E-state index is -1.11. The van der Waals surface area contributed by atoms with Crippen LogP contribution in [0.15, 0.2) is 41.3 Å². The monoisotopic (exact) mass is 536 g/mol. The maximum atomic E-state index is 15.0. The summed E-state index contributed by atoms with van der Waals surface area (Å²) in [5, 5.41) is 13.9. The number of hydrogen-bond acceptors (Lipinski definition) is 5. The number of aliphatic carboxylic acids is 1. The Kier molecular flexibility index (Phi) is 9.40. The lowest BCUT2D eigenvalue weighted by molar-refractivity contribution is -0.132. The molecule has 0 radical (unpaired) electrons. The van der Waals surface area contributed by atoms with Gasteiger partial charge in [-0.25, -0.2) is 14.2 Å². The molecular formula is C25H23Cl2FN2O4S. The van der Waals surface area contributed by atoms with Gasteiger partial charge in [0, 0.05) is 40.9 Å². The molecule has 3 aromatic rings. The Hall–Kier alpha value is -2.78. The quantitative estimate of drug-likeness (QED) is 0.216. The van der Waals surface area contributed by atoms with Crippen LogP contribution in [0.3, 0.4) is 0 Å². The summed E-state index contributed by atoms with van der Waals surface area (Å²) in [5.74, 6) is -1.96. The maximum absolute atomic E-state index is 15.0.